The smallest absolute Gasteiger partial charge is 0.237 e. The van der Waals surface area contributed by atoms with E-state index in [0.717, 1.165) is 11.3 Å². The zero-order valence-corrected chi connectivity index (χ0v) is 9.34. The van der Waals surface area contributed by atoms with Crippen LogP contribution in [0.4, 0.5) is 5.69 Å². The van der Waals surface area contributed by atoms with Gasteiger partial charge in [0.05, 0.1) is 19.0 Å². The van der Waals surface area contributed by atoms with Crippen molar-refractivity contribution in [1.29, 1.82) is 0 Å². The Morgan fingerprint density at radius 1 is 1.50 bits per heavy atom. The number of nitrogens with one attached hydrogen (secondary N) is 1. The number of aryl methyl sites for hydroxylation is 1. The molecule has 0 saturated carbocycles. The van der Waals surface area contributed by atoms with Gasteiger partial charge in [-0.2, -0.15) is 5.10 Å². The lowest BCUT2D eigenvalue weighted by molar-refractivity contribution is 0.399. The Balaban J connectivity index is 2.04. The number of aromatic nitrogens is 3. The maximum atomic E-state index is 5.14. The number of hydrogen-bond donors (Lipinski definition) is 1. The van der Waals surface area contributed by atoms with Crippen molar-refractivity contribution >= 4 is 5.69 Å². The van der Waals surface area contributed by atoms with E-state index in [4.69, 9.17) is 4.74 Å². The van der Waals surface area contributed by atoms with Gasteiger partial charge < -0.3 is 10.1 Å². The summed E-state index contributed by atoms with van der Waals surface area (Å²) in [7, 11) is 3.51. The molecule has 2 heterocycles. The van der Waals surface area contributed by atoms with Crippen molar-refractivity contribution in [2.75, 3.05) is 12.4 Å². The third-order valence-corrected chi connectivity index (χ3v) is 2.21. The Bertz CT molecular complexity index is 467. The Labute approximate surface area is 94.1 Å². The maximum Gasteiger partial charge on any atom is 0.237 e. The van der Waals surface area contributed by atoms with E-state index in [1.807, 2.05) is 31.6 Å². The Morgan fingerprint density at radius 2 is 2.38 bits per heavy atom. The molecule has 0 spiro atoms. The second kappa shape index (κ2) is 4.65. The minimum absolute atomic E-state index is 0.603. The monoisotopic (exact) mass is 218 g/mol. The topological polar surface area (TPSA) is 52.0 Å². The Hall–Kier alpha value is -2.04. The van der Waals surface area contributed by atoms with Gasteiger partial charge in [-0.1, -0.05) is 0 Å². The summed E-state index contributed by atoms with van der Waals surface area (Å²) in [5.41, 5.74) is 2.00. The van der Waals surface area contributed by atoms with Crippen molar-refractivity contribution in [3.8, 4) is 5.88 Å². The first kappa shape index (κ1) is 10.5. The molecule has 0 aliphatic carbocycles. The van der Waals surface area contributed by atoms with Crippen LogP contribution in [-0.2, 0) is 13.6 Å². The van der Waals surface area contributed by atoms with Gasteiger partial charge >= 0.3 is 0 Å². The first-order valence-electron chi connectivity index (χ1n) is 5.00. The fourth-order valence-corrected chi connectivity index (χ4v) is 1.45. The predicted octanol–water partition coefficient (Wildman–Crippen LogP) is 1.44. The van der Waals surface area contributed by atoms with Crippen molar-refractivity contribution in [3.63, 3.8) is 0 Å². The van der Waals surface area contributed by atoms with Crippen molar-refractivity contribution in [3.05, 3.63) is 36.3 Å². The fourth-order valence-electron chi connectivity index (χ4n) is 1.45. The van der Waals surface area contributed by atoms with E-state index in [-0.39, 0.29) is 0 Å². The fraction of sp³-hybridized carbons (Fsp3) is 0.273. The lowest BCUT2D eigenvalue weighted by Crippen LogP contribution is -2.01. The highest BCUT2D eigenvalue weighted by Crippen LogP contribution is 2.20. The molecule has 0 unspecified atom stereocenters. The normalized spacial score (nSPS) is 10.1. The molecular formula is C11H14N4O. The third kappa shape index (κ3) is 2.31. The van der Waals surface area contributed by atoms with Gasteiger partial charge in [-0.3, -0.25) is 4.68 Å². The molecule has 0 saturated heterocycles. The zero-order chi connectivity index (χ0) is 11.4. The van der Waals surface area contributed by atoms with Crippen LogP contribution in [0.25, 0.3) is 0 Å². The summed E-state index contributed by atoms with van der Waals surface area (Å²) in [5.74, 6) is 0.603. The van der Waals surface area contributed by atoms with Crippen LogP contribution in [0.5, 0.6) is 5.88 Å². The van der Waals surface area contributed by atoms with Gasteiger partial charge in [0.15, 0.2) is 0 Å². The van der Waals surface area contributed by atoms with E-state index in [1.165, 1.54) is 0 Å². The number of rotatable bonds is 4. The predicted molar refractivity (Wildman–Crippen MR) is 61.3 cm³/mol. The van der Waals surface area contributed by atoms with Crippen LogP contribution in [0.1, 0.15) is 5.56 Å². The number of nitrogens with zero attached hydrogens (tertiary/aromatic N) is 3. The summed E-state index contributed by atoms with van der Waals surface area (Å²) >= 11 is 0. The van der Waals surface area contributed by atoms with E-state index in [9.17, 15) is 0 Å². The van der Waals surface area contributed by atoms with Crippen LogP contribution in [0.3, 0.4) is 0 Å². The van der Waals surface area contributed by atoms with Gasteiger partial charge in [0.1, 0.15) is 0 Å². The van der Waals surface area contributed by atoms with Gasteiger partial charge in [-0.25, -0.2) is 4.98 Å². The first-order valence-corrected chi connectivity index (χ1v) is 5.00. The molecular weight excluding hydrogens is 204 g/mol. The van der Waals surface area contributed by atoms with Gasteiger partial charge in [0.2, 0.25) is 5.88 Å². The van der Waals surface area contributed by atoms with Crippen LogP contribution < -0.4 is 10.1 Å². The molecule has 84 valence electrons. The summed E-state index contributed by atoms with van der Waals surface area (Å²) in [6, 6.07) is 3.80. The minimum atomic E-state index is 0.603. The van der Waals surface area contributed by atoms with E-state index in [1.54, 1.807) is 18.0 Å². The molecule has 5 nitrogen and oxygen atoms in total. The molecule has 16 heavy (non-hydrogen) atoms. The van der Waals surface area contributed by atoms with Crippen LogP contribution in [0.15, 0.2) is 30.7 Å². The summed E-state index contributed by atoms with van der Waals surface area (Å²) < 4.78 is 6.92. The van der Waals surface area contributed by atoms with Crippen LogP contribution in [-0.4, -0.2) is 21.9 Å². The Kier molecular flexibility index (Phi) is 3.05. The largest absolute Gasteiger partial charge is 0.480 e. The second-order valence-corrected chi connectivity index (χ2v) is 3.44. The van der Waals surface area contributed by atoms with Gasteiger partial charge in [-0.15, -0.1) is 0 Å². The zero-order valence-electron chi connectivity index (χ0n) is 9.34. The molecule has 0 amide bonds. The third-order valence-electron chi connectivity index (χ3n) is 2.21. The lowest BCUT2D eigenvalue weighted by atomic mass is 10.3. The second-order valence-electron chi connectivity index (χ2n) is 3.44. The molecule has 0 fully saturated rings. The van der Waals surface area contributed by atoms with Crippen molar-refractivity contribution in [2.24, 2.45) is 7.05 Å². The van der Waals surface area contributed by atoms with E-state index in [0.29, 0.717) is 12.4 Å². The van der Waals surface area contributed by atoms with Crippen LogP contribution >= 0.6 is 0 Å². The number of anilines is 1. The Morgan fingerprint density at radius 3 is 3.06 bits per heavy atom. The summed E-state index contributed by atoms with van der Waals surface area (Å²) in [4.78, 5) is 4.11. The van der Waals surface area contributed by atoms with E-state index < -0.39 is 0 Å². The number of methoxy groups -OCH3 is 1. The van der Waals surface area contributed by atoms with Gasteiger partial charge in [0, 0.05) is 31.5 Å². The lowest BCUT2D eigenvalue weighted by Gasteiger charge is -2.08. The standard InChI is InChI=1S/C11H14N4O/c1-15-8-9(7-14-15)6-13-10-4-3-5-12-11(10)16-2/h3-5,7-8,13H,6H2,1-2H3. The highest BCUT2D eigenvalue weighted by atomic mass is 16.5. The summed E-state index contributed by atoms with van der Waals surface area (Å²) in [6.07, 6.45) is 5.50. The van der Waals surface area contributed by atoms with E-state index in [2.05, 4.69) is 15.4 Å². The van der Waals surface area contributed by atoms with Crippen LogP contribution in [0.2, 0.25) is 0 Å². The number of ether oxygens (including phenoxy) is 1. The molecule has 2 rings (SSSR count). The van der Waals surface area contributed by atoms with Crippen molar-refractivity contribution in [2.45, 2.75) is 6.54 Å². The SMILES string of the molecule is COc1ncccc1NCc1cnn(C)c1. The quantitative estimate of drug-likeness (QED) is 0.843. The minimum Gasteiger partial charge on any atom is -0.480 e. The molecule has 0 aliphatic heterocycles. The average Bonchev–Trinajstić information content (AvgIpc) is 2.73. The molecule has 0 aromatic carbocycles. The molecule has 2 aromatic rings. The number of hydrogen-bond acceptors (Lipinski definition) is 4. The first-order chi connectivity index (χ1) is 7.79. The highest BCUT2D eigenvalue weighted by molar-refractivity contribution is 5.52. The van der Waals surface area contributed by atoms with Crippen molar-refractivity contribution in [1.82, 2.24) is 14.8 Å². The van der Waals surface area contributed by atoms with Gasteiger partial charge in [0.25, 0.3) is 0 Å². The molecule has 0 radical (unpaired) electrons. The molecule has 2 aromatic heterocycles. The average molecular weight is 218 g/mol. The molecule has 0 atom stereocenters. The van der Waals surface area contributed by atoms with Crippen molar-refractivity contribution < 1.29 is 4.74 Å². The molecule has 0 bridgehead atoms. The summed E-state index contributed by atoms with van der Waals surface area (Å²) in [6.45, 7) is 0.704. The maximum absolute atomic E-state index is 5.14. The molecule has 5 heteroatoms. The van der Waals surface area contributed by atoms with Gasteiger partial charge in [-0.05, 0) is 12.1 Å². The summed E-state index contributed by atoms with van der Waals surface area (Å²) in [5, 5.41) is 7.35. The van der Waals surface area contributed by atoms with Crippen LogP contribution in [0, 0.1) is 0 Å². The molecule has 0 aliphatic rings. The highest BCUT2D eigenvalue weighted by Gasteiger charge is 2.02. The molecule has 1 N–H and O–H groups in total. The van der Waals surface area contributed by atoms with E-state index >= 15 is 0 Å². The number of pyridine rings is 1.